The number of aryl methyl sites for hydroxylation is 1. The molecule has 0 saturated carbocycles. The number of hydrogen-bond acceptors (Lipinski definition) is 3. The Kier molecular flexibility index (Phi) is 5.80. The molecule has 0 spiro atoms. The Balaban J connectivity index is 1.50. The van der Waals surface area contributed by atoms with Gasteiger partial charge in [0, 0.05) is 25.4 Å². The Morgan fingerprint density at radius 2 is 1.84 bits per heavy atom. The van der Waals surface area contributed by atoms with Crippen molar-refractivity contribution in [1.82, 2.24) is 4.90 Å². The Hall–Kier alpha value is -1.39. The van der Waals surface area contributed by atoms with Crippen molar-refractivity contribution in [1.29, 1.82) is 0 Å². The first kappa shape index (κ1) is 18.4. The molecule has 1 aromatic carbocycles. The van der Waals surface area contributed by atoms with Gasteiger partial charge in [-0.3, -0.25) is 4.79 Å². The van der Waals surface area contributed by atoms with Gasteiger partial charge >= 0.3 is 0 Å². The average Bonchev–Trinajstić information content (AvgIpc) is 3.14. The first-order valence-electron chi connectivity index (χ1n) is 9.54. The maximum Gasteiger partial charge on any atom is 0.222 e. The molecule has 2 aliphatic rings. The van der Waals surface area contributed by atoms with Crippen LogP contribution in [0.25, 0.3) is 0 Å². The number of carbonyl (C=O) groups is 1. The Bertz CT molecular complexity index is 570. The van der Waals surface area contributed by atoms with E-state index in [9.17, 15) is 4.79 Å². The Labute approximate surface area is 151 Å². The Morgan fingerprint density at radius 3 is 2.48 bits per heavy atom. The van der Waals surface area contributed by atoms with Gasteiger partial charge in [0.05, 0.1) is 13.2 Å². The van der Waals surface area contributed by atoms with E-state index in [-0.39, 0.29) is 17.6 Å². The molecule has 0 radical (unpaired) electrons. The van der Waals surface area contributed by atoms with E-state index in [1.807, 2.05) is 4.90 Å². The molecule has 1 unspecified atom stereocenters. The van der Waals surface area contributed by atoms with Gasteiger partial charge in [-0.2, -0.15) is 0 Å². The van der Waals surface area contributed by atoms with Crippen LogP contribution in [0.2, 0.25) is 0 Å². The number of piperidine rings is 1. The van der Waals surface area contributed by atoms with E-state index in [4.69, 9.17) is 9.47 Å². The maximum absolute atomic E-state index is 12.6. The van der Waals surface area contributed by atoms with Gasteiger partial charge in [0.2, 0.25) is 5.91 Å². The van der Waals surface area contributed by atoms with Crippen LogP contribution in [0.3, 0.4) is 0 Å². The molecule has 0 bridgehead atoms. The molecule has 1 atom stereocenters. The van der Waals surface area contributed by atoms with Gasteiger partial charge in [-0.15, -0.1) is 0 Å². The zero-order valence-electron chi connectivity index (χ0n) is 15.8. The molecular weight excluding hydrogens is 314 g/mol. The van der Waals surface area contributed by atoms with Crippen molar-refractivity contribution in [2.24, 2.45) is 5.92 Å². The number of amides is 1. The number of ether oxygens (including phenoxy) is 2. The lowest BCUT2D eigenvalue weighted by atomic mass is 9.86. The normalized spacial score (nSPS) is 22.4. The first-order valence-corrected chi connectivity index (χ1v) is 9.54. The molecule has 1 aromatic rings. The number of hydrogen-bond donors (Lipinski definition) is 0. The van der Waals surface area contributed by atoms with Gasteiger partial charge in [0.15, 0.2) is 6.29 Å². The highest BCUT2D eigenvalue weighted by atomic mass is 16.7. The zero-order valence-corrected chi connectivity index (χ0v) is 15.8. The summed E-state index contributed by atoms with van der Waals surface area (Å²) in [6.07, 6.45) is 3.40. The standard InChI is InChI=1S/C21H31NO3/c1-21(2,3)18-9-6-16(7-10-18)8-11-19(23)22-12-4-5-17(15-22)20-24-13-14-25-20/h6-7,9-10,17,20H,4-5,8,11-15H2,1-3H3. The van der Waals surface area contributed by atoms with Crippen LogP contribution in [0.5, 0.6) is 0 Å². The molecule has 138 valence electrons. The lowest BCUT2D eigenvalue weighted by Crippen LogP contribution is -2.43. The maximum atomic E-state index is 12.6. The monoisotopic (exact) mass is 345 g/mol. The minimum Gasteiger partial charge on any atom is -0.350 e. The van der Waals surface area contributed by atoms with Crippen molar-refractivity contribution in [3.8, 4) is 0 Å². The van der Waals surface area contributed by atoms with Gasteiger partial charge in [0.1, 0.15) is 0 Å². The second-order valence-electron chi connectivity index (χ2n) is 8.30. The van der Waals surface area contributed by atoms with E-state index in [0.717, 1.165) is 32.4 Å². The largest absolute Gasteiger partial charge is 0.350 e. The third kappa shape index (κ3) is 4.83. The van der Waals surface area contributed by atoms with Crippen molar-refractivity contribution < 1.29 is 14.3 Å². The molecule has 0 N–H and O–H groups in total. The summed E-state index contributed by atoms with van der Waals surface area (Å²) in [6.45, 7) is 9.65. The molecule has 1 amide bonds. The van der Waals surface area contributed by atoms with Crippen molar-refractivity contribution >= 4 is 5.91 Å². The fraction of sp³-hybridized carbons (Fsp3) is 0.667. The molecule has 4 heteroatoms. The quantitative estimate of drug-likeness (QED) is 0.838. The second-order valence-corrected chi connectivity index (χ2v) is 8.30. The average molecular weight is 345 g/mol. The molecule has 0 aliphatic carbocycles. The van der Waals surface area contributed by atoms with Crippen LogP contribution in [-0.4, -0.2) is 43.4 Å². The summed E-state index contributed by atoms with van der Waals surface area (Å²) in [6, 6.07) is 8.69. The highest BCUT2D eigenvalue weighted by molar-refractivity contribution is 5.76. The number of nitrogens with zero attached hydrogens (tertiary/aromatic N) is 1. The smallest absolute Gasteiger partial charge is 0.222 e. The highest BCUT2D eigenvalue weighted by Crippen LogP contribution is 2.26. The molecular formula is C21H31NO3. The number of rotatable bonds is 4. The molecule has 2 fully saturated rings. The molecule has 2 heterocycles. The summed E-state index contributed by atoms with van der Waals surface area (Å²) in [5.74, 6) is 0.578. The predicted octanol–water partition coefficient (Wildman–Crippen LogP) is 3.53. The molecule has 3 rings (SSSR count). The second kappa shape index (κ2) is 7.88. The molecule has 25 heavy (non-hydrogen) atoms. The zero-order chi connectivity index (χ0) is 17.9. The van der Waals surface area contributed by atoms with Crippen LogP contribution in [0.4, 0.5) is 0 Å². The van der Waals surface area contributed by atoms with Crippen molar-refractivity contribution in [3.05, 3.63) is 35.4 Å². The van der Waals surface area contributed by atoms with E-state index in [1.165, 1.54) is 11.1 Å². The van der Waals surface area contributed by atoms with Gasteiger partial charge < -0.3 is 14.4 Å². The number of carbonyl (C=O) groups excluding carboxylic acids is 1. The summed E-state index contributed by atoms with van der Waals surface area (Å²) in [4.78, 5) is 14.6. The lowest BCUT2D eigenvalue weighted by Gasteiger charge is -2.34. The van der Waals surface area contributed by atoms with Crippen LogP contribution < -0.4 is 0 Å². The topological polar surface area (TPSA) is 38.8 Å². The van der Waals surface area contributed by atoms with E-state index < -0.39 is 0 Å². The van der Waals surface area contributed by atoms with E-state index in [0.29, 0.717) is 25.6 Å². The minimum atomic E-state index is -0.111. The number of likely N-dealkylation sites (tertiary alicyclic amines) is 1. The third-order valence-corrected chi connectivity index (χ3v) is 5.29. The third-order valence-electron chi connectivity index (χ3n) is 5.29. The highest BCUT2D eigenvalue weighted by Gasteiger charge is 2.32. The summed E-state index contributed by atoms with van der Waals surface area (Å²) in [5, 5.41) is 0. The Morgan fingerprint density at radius 1 is 1.16 bits per heavy atom. The first-order chi connectivity index (χ1) is 11.9. The van der Waals surface area contributed by atoms with Gasteiger partial charge in [-0.25, -0.2) is 0 Å². The van der Waals surface area contributed by atoms with Crippen molar-refractivity contribution in [3.63, 3.8) is 0 Å². The molecule has 2 saturated heterocycles. The van der Waals surface area contributed by atoms with E-state index >= 15 is 0 Å². The predicted molar refractivity (Wildman–Crippen MR) is 98.5 cm³/mol. The fourth-order valence-corrected chi connectivity index (χ4v) is 3.69. The van der Waals surface area contributed by atoms with Crippen LogP contribution in [0.15, 0.2) is 24.3 Å². The van der Waals surface area contributed by atoms with Crippen molar-refractivity contribution in [2.45, 2.75) is 58.2 Å². The number of benzene rings is 1. The van der Waals surface area contributed by atoms with E-state index in [2.05, 4.69) is 45.0 Å². The van der Waals surface area contributed by atoms with Gasteiger partial charge in [-0.1, -0.05) is 45.0 Å². The van der Waals surface area contributed by atoms with Crippen LogP contribution in [-0.2, 0) is 26.1 Å². The molecule has 2 aliphatic heterocycles. The van der Waals surface area contributed by atoms with Gasteiger partial charge in [0.25, 0.3) is 0 Å². The van der Waals surface area contributed by atoms with Crippen LogP contribution >= 0.6 is 0 Å². The molecule has 4 nitrogen and oxygen atoms in total. The fourth-order valence-electron chi connectivity index (χ4n) is 3.69. The summed E-state index contributed by atoms with van der Waals surface area (Å²) in [5.41, 5.74) is 2.73. The SMILES string of the molecule is CC(C)(C)c1ccc(CCC(=O)N2CCCC(C3OCCO3)C2)cc1. The van der Waals surface area contributed by atoms with Crippen LogP contribution in [0.1, 0.15) is 51.2 Å². The van der Waals surface area contributed by atoms with E-state index in [1.54, 1.807) is 0 Å². The van der Waals surface area contributed by atoms with Crippen LogP contribution in [0, 0.1) is 5.92 Å². The summed E-state index contributed by atoms with van der Waals surface area (Å²) < 4.78 is 11.3. The summed E-state index contributed by atoms with van der Waals surface area (Å²) in [7, 11) is 0. The van der Waals surface area contributed by atoms with Crippen molar-refractivity contribution in [2.75, 3.05) is 26.3 Å². The van der Waals surface area contributed by atoms with Gasteiger partial charge in [-0.05, 0) is 35.8 Å². The lowest BCUT2D eigenvalue weighted by molar-refractivity contribution is -0.139. The summed E-state index contributed by atoms with van der Waals surface area (Å²) >= 11 is 0. The molecule has 0 aromatic heterocycles. The minimum absolute atomic E-state index is 0.111.